The van der Waals surface area contributed by atoms with Gasteiger partial charge in [0.25, 0.3) is 5.91 Å². The van der Waals surface area contributed by atoms with Crippen molar-refractivity contribution in [3.8, 4) is 11.1 Å². The largest absolute Gasteiger partial charge is 0.399 e. The summed E-state index contributed by atoms with van der Waals surface area (Å²) in [6.07, 6.45) is 3.80. The zero-order valence-corrected chi connectivity index (χ0v) is 19.0. The second kappa shape index (κ2) is 11.1. The minimum Gasteiger partial charge on any atom is -0.399 e. The topological polar surface area (TPSA) is 95.9 Å². The summed E-state index contributed by atoms with van der Waals surface area (Å²) in [5, 5.41) is 10.2. The van der Waals surface area contributed by atoms with Gasteiger partial charge >= 0.3 is 0 Å². The Bertz CT molecular complexity index is 1130. The molecule has 34 heavy (non-hydrogen) atoms. The van der Waals surface area contributed by atoms with Gasteiger partial charge in [0.1, 0.15) is 13.2 Å². The molecule has 2 heterocycles. The third kappa shape index (κ3) is 5.58. The molecule has 0 unspecified atom stereocenters. The van der Waals surface area contributed by atoms with Crippen molar-refractivity contribution in [1.29, 1.82) is 0 Å². The number of rotatable bonds is 8. The van der Waals surface area contributed by atoms with E-state index in [0.29, 0.717) is 30.8 Å². The Morgan fingerprint density at radius 2 is 1.71 bits per heavy atom. The lowest BCUT2D eigenvalue weighted by Gasteiger charge is -2.23. The maximum absolute atomic E-state index is 13.3. The van der Waals surface area contributed by atoms with Crippen LogP contribution in [-0.2, 0) is 9.63 Å². The van der Waals surface area contributed by atoms with E-state index in [4.69, 9.17) is 4.84 Å². The smallest absolute Gasteiger partial charge is 0.254 e. The van der Waals surface area contributed by atoms with Crippen LogP contribution in [0.1, 0.15) is 16.8 Å². The highest BCUT2D eigenvalue weighted by Gasteiger charge is 2.38. The Balaban J connectivity index is 1.41. The second-order valence-electron chi connectivity index (χ2n) is 7.89. The number of para-hydroxylation sites is 1. The molecule has 1 aromatic heterocycles. The summed E-state index contributed by atoms with van der Waals surface area (Å²) in [6, 6.07) is 20.3. The number of likely N-dealkylation sites (tertiary alicyclic amines) is 1. The van der Waals surface area contributed by atoms with Crippen molar-refractivity contribution < 1.29 is 14.4 Å². The zero-order valence-electron chi connectivity index (χ0n) is 19.0. The van der Waals surface area contributed by atoms with Crippen molar-refractivity contribution in [2.24, 2.45) is 5.16 Å². The molecular weight excluding hydrogens is 430 g/mol. The number of nitrogens with zero attached hydrogens (tertiary/aromatic N) is 3. The van der Waals surface area contributed by atoms with Crippen LogP contribution in [0.2, 0.25) is 0 Å². The van der Waals surface area contributed by atoms with Crippen molar-refractivity contribution >= 4 is 23.2 Å². The number of amides is 2. The summed E-state index contributed by atoms with van der Waals surface area (Å²) >= 11 is 0. The molecule has 2 N–H and O–H groups in total. The van der Waals surface area contributed by atoms with E-state index in [1.807, 2.05) is 54.6 Å². The van der Waals surface area contributed by atoms with E-state index >= 15 is 0 Å². The van der Waals surface area contributed by atoms with Gasteiger partial charge in [-0.2, -0.15) is 0 Å². The van der Waals surface area contributed by atoms with Crippen LogP contribution in [0, 0.1) is 0 Å². The van der Waals surface area contributed by atoms with Gasteiger partial charge in [0.2, 0.25) is 5.91 Å². The lowest BCUT2D eigenvalue weighted by Crippen LogP contribution is -2.46. The van der Waals surface area contributed by atoms with Gasteiger partial charge in [0.05, 0.1) is 12.3 Å². The van der Waals surface area contributed by atoms with Crippen molar-refractivity contribution in [2.45, 2.75) is 12.5 Å². The van der Waals surface area contributed by atoms with Crippen LogP contribution in [0.15, 0.2) is 84.3 Å². The number of pyridine rings is 1. The standard InChI is InChI=1S/C26H27N5O3/c1-34-30-23-17-24(25(32)29-16-15-28-22-5-3-2-4-6-22)31(18-23)26(33)21-9-7-19(8-10-21)20-11-13-27-14-12-20/h2-14,24,28H,15-18H2,1H3,(H,29,32)/b30-23+/t24-/m0/s1. The van der Waals surface area contributed by atoms with E-state index in [2.05, 4.69) is 20.8 Å². The Labute approximate surface area is 198 Å². The Kier molecular flexibility index (Phi) is 7.49. The third-order valence-corrected chi connectivity index (χ3v) is 5.61. The van der Waals surface area contributed by atoms with Crippen LogP contribution in [0.5, 0.6) is 0 Å². The van der Waals surface area contributed by atoms with Gasteiger partial charge in [-0.15, -0.1) is 0 Å². The SMILES string of the molecule is CO/N=C1\C[C@@H](C(=O)NCCNc2ccccc2)N(C(=O)c2ccc(-c3ccncc3)cc2)C1. The highest BCUT2D eigenvalue weighted by atomic mass is 16.6. The molecule has 1 aliphatic rings. The van der Waals surface area contributed by atoms with Crippen LogP contribution in [-0.4, -0.2) is 60.2 Å². The molecule has 0 bridgehead atoms. The number of oxime groups is 1. The average Bonchev–Trinajstić information content (AvgIpc) is 3.31. The molecule has 4 rings (SSSR count). The second-order valence-corrected chi connectivity index (χ2v) is 7.89. The fourth-order valence-corrected chi connectivity index (χ4v) is 3.93. The van der Waals surface area contributed by atoms with Gasteiger partial charge in [-0.25, -0.2) is 0 Å². The van der Waals surface area contributed by atoms with E-state index in [1.165, 1.54) is 7.11 Å². The normalized spacial score (nSPS) is 16.3. The van der Waals surface area contributed by atoms with E-state index in [1.54, 1.807) is 29.4 Å². The Morgan fingerprint density at radius 3 is 2.41 bits per heavy atom. The summed E-state index contributed by atoms with van der Waals surface area (Å²) in [5.41, 5.74) is 4.17. The van der Waals surface area contributed by atoms with E-state index in [-0.39, 0.29) is 18.4 Å². The fourth-order valence-electron chi connectivity index (χ4n) is 3.93. The van der Waals surface area contributed by atoms with Gasteiger partial charge in [-0.3, -0.25) is 14.6 Å². The number of hydrogen-bond acceptors (Lipinski definition) is 6. The average molecular weight is 458 g/mol. The Hall–Kier alpha value is -4.20. The number of benzene rings is 2. The first-order valence-electron chi connectivity index (χ1n) is 11.1. The van der Waals surface area contributed by atoms with E-state index < -0.39 is 6.04 Å². The predicted molar refractivity (Wildman–Crippen MR) is 131 cm³/mol. The van der Waals surface area contributed by atoms with Crippen molar-refractivity contribution in [2.75, 3.05) is 32.1 Å². The van der Waals surface area contributed by atoms with Crippen LogP contribution < -0.4 is 10.6 Å². The first-order valence-corrected chi connectivity index (χ1v) is 11.1. The molecule has 1 saturated heterocycles. The lowest BCUT2D eigenvalue weighted by molar-refractivity contribution is -0.124. The maximum Gasteiger partial charge on any atom is 0.254 e. The summed E-state index contributed by atoms with van der Waals surface area (Å²) in [4.78, 5) is 36.8. The summed E-state index contributed by atoms with van der Waals surface area (Å²) in [6.45, 7) is 1.26. The molecule has 8 nitrogen and oxygen atoms in total. The molecule has 1 aliphatic heterocycles. The lowest BCUT2D eigenvalue weighted by atomic mass is 10.0. The number of anilines is 1. The predicted octanol–water partition coefficient (Wildman–Crippen LogP) is 3.19. The zero-order chi connectivity index (χ0) is 23.8. The quantitative estimate of drug-likeness (QED) is 0.400. The molecule has 2 aromatic carbocycles. The summed E-state index contributed by atoms with van der Waals surface area (Å²) < 4.78 is 0. The first kappa shape index (κ1) is 23.0. The summed E-state index contributed by atoms with van der Waals surface area (Å²) in [7, 11) is 1.46. The highest BCUT2D eigenvalue weighted by Crippen LogP contribution is 2.23. The van der Waals surface area contributed by atoms with E-state index in [0.717, 1.165) is 16.8 Å². The first-order chi connectivity index (χ1) is 16.7. The monoisotopic (exact) mass is 457 g/mol. The molecule has 3 aromatic rings. The van der Waals surface area contributed by atoms with E-state index in [9.17, 15) is 9.59 Å². The van der Waals surface area contributed by atoms with Gasteiger partial charge in [0.15, 0.2) is 0 Å². The van der Waals surface area contributed by atoms with Gasteiger partial charge < -0.3 is 20.4 Å². The molecule has 0 spiro atoms. The molecule has 8 heteroatoms. The molecule has 0 radical (unpaired) electrons. The number of nitrogens with one attached hydrogen (secondary N) is 2. The fraction of sp³-hybridized carbons (Fsp3) is 0.231. The van der Waals surface area contributed by atoms with Crippen LogP contribution >= 0.6 is 0 Å². The number of carbonyl (C=O) groups is 2. The highest BCUT2D eigenvalue weighted by molar-refractivity contribution is 6.05. The number of carbonyl (C=O) groups excluding carboxylic acids is 2. The molecular formula is C26H27N5O3. The summed E-state index contributed by atoms with van der Waals surface area (Å²) in [5.74, 6) is -0.428. The molecule has 1 atom stereocenters. The third-order valence-electron chi connectivity index (χ3n) is 5.61. The van der Waals surface area contributed by atoms with Crippen molar-refractivity contribution in [3.63, 3.8) is 0 Å². The molecule has 0 saturated carbocycles. The number of aromatic nitrogens is 1. The maximum atomic E-state index is 13.3. The van der Waals surface area contributed by atoms with Crippen LogP contribution in [0.25, 0.3) is 11.1 Å². The number of hydrogen-bond donors (Lipinski definition) is 2. The minimum atomic E-state index is -0.641. The molecule has 1 fully saturated rings. The van der Waals surface area contributed by atoms with Crippen LogP contribution in [0.4, 0.5) is 5.69 Å². The Morgan fingerprint density at radius 1 is 1.00 bits per heavy atom. The van der Waals surface area contributed by atoms with Gasteiger partial charge in [0, 0.05) is 43.2 Å². The minimum absolute atomic E-state index is 0.210. The van der Waals surface area contributed by atoms with Gasteiger partial charge in [-0.05, 0) is 47.5 Å². The van der Waals surface area contributed by atoms with Gasteiger partial charge in [-0.1, -0.05) is 35.5 Å². The van der Waals surface area contributed by atoms with Crippen molar-refractivity contribution in [1.82, 2.24) is 15.2 Å². The molecule has 2 amide bonds. The van der Waals surface area contributed by atoms with Crippen LogP contribution in [0.3, 0.4) is 0 Å². The molecule has 174 valence electrons. The molecule has 0 aliphatic carbocycles. The van der Waals surface area contributed by atoms with Crippen molar-refractivity contribution in [3.05, 3.63) is 84.7 Å².